The molecule has 4 heteroatoms. The summed E-state index contributed by atoms with van der Waals surface area (Å²) < 4.78 is 0. The van der Waals surface area contributed by atoms with Gasteiger partial charge >= 0.3 is 0 Å². The Kier molecular flexibility index (Phi) is 5.02. The molecule has 0 saturated carbocycles. The molecule has 3 nitrogen and oxygen atoms in total. The first-order valence-electron chi connectivity index (χ1n) is 6.42. The Hall–Kier alpha value is -2.00. The number of hydrogen-bond donors (Lipinski definition) is 1. The van der Waals surface area contributed by atoms with Gasteiger partial charge in [-0.1, -0.05) is 41.9 Å². The standard InChI is InChI=1S/C16H17ClN2O/c1-19(12-13-7-9-14(17)10-8-13)16(20)11-18-15-5-3-2-4-6-15/h2-10,18H,11-12H2,1H3. The fourth-order valence-corrected chi connectivity index (χ4v) is 1.95. The van der Waals surface area contributed by atoms with Crippen molar-refractivity contribution in [1.29, 1.82) is 0 Å². The molecule has 2 aromatic rings. The van der Waals surface area contributed by atoms with E-state index in [2.05, 4.69) is 5.32 Å². The zero-order valence-corrected chi connectivity index (χ0v) is 12.1. The predicted octanol–water partition coefficient (Wildman–Crippen LogP) is 3.41. The Balaban J connectivity index is 1.84. The molecule has 0 saturated heterocycles. The smallest absolute Gasteiger partial charge is 0.241 e. The van der Waals surface area contributed by atoms with Gasteiger partial charge in [0.2, 0.25) is 5.91 Å². The number of carbonyl (C=O) groups excluding carboxylic acids is 1. The number of nitrogens with one attached hydrogen (secondary N) is 1. The zero-order valence-electron chi connectivity index (χ0n) is 11.3. The van der Waals surface area contributed by atoms with Crippen LogP contribution >= 0.6 is 11.6 Å². The molecule has 0 aliphatic rings. The molecule has 0 aromatic heterocycles. The maximum absolute atomic E-state index is 12.0. The van der Waals surface area contributed by atoms with Gasteiger partial charge in [-0.25, -0.2) is 0 Å². The minimum Gasteiger partial charge on any atom is -0.376 e. The average molecular weight is 289 g/mol. The largest absolute Gasteiger partial charge is 0.376 e. The fraction of sp³-hybridized carbons (Fsp3) is 0.188. The number of carbonyl (C=O) groups is 1. The van der Waals surface area contributed by atoms with E-state index >= 15 is 0 Å². The number of nitrogens with zero attached hydrogens (tertiary/aromatic N) is 1. The molecule has 0 aliphatic heterocycles. The highest BCUT2D eigenvalue weighted by Crippen LogP contribution is 2.11. The van der Waals surface area contributed by atoms with Crippen molar-refractivity contribution in [2.45, 2.75) is 6.54 Å². The highest BCUT2D eigenvalue weighted by atomic mass is 35.5. The summed E-state index contributed by atoms with van der Waals surface area (Å²) in [6.45, 7) is 0.862. The van der Waals surface area contributed by atoms with Gasteiger partial charge in [-0.05, 0) is 29.8 Å². The third-order valence-corrected chi connectivity index (χ3v) is 3.23. The van der Waals surface area contributed by atoms with E-state index in [1.165, 1.54) is 0 Å². The van der Waals surface area contributed by atoms with E-state index in [-0.39, 0.29) is 12.5 Å². The van der Waals surface area contributed by atoms with Gasteiger partial charge in [0, 0.05) is 24.3 Å². The lowest BCUT2D eigenvalue weighted by molar-refractivity contribution is -0.128. The first-order valence-corrected chi connectivity index (χ1v) is 6.80. The summed E-state index contributed by atoms with van der Waals surface area (Å²) in [5.41, 5.74) is 2.01. The maximum Gasteiger partial charge on any atom is 0.241 e. The van der Waals surface area contributed by atoms with Crippen LogP contribution in [0.25, 0.3) is 0 Å². The highest BCUT2D eigenvalue weighted by Gasteiger charge is 2.08. The van der Waals surface area contributed by atoms with Crippen LogP contribution < -0.4 is 5.32 Å². The summed E-state index contributed by atoms with van der Waals surface area (Å²) in [5, 5.41) is 3.81. The number of anilines is 1. The minimum atomic E-state index is 0.0452. The van der Waals surface area contributed by atoms with Crippen LogP contribution in [0, 0.1) is 0 Å². The van der Waals surface area contributed by atoms with Crippen LogP contribution in [0.3, 0.4) is 0 Å². The van der Waals surface area contributed by atoms with Crippen molar-refractivity contribution in [2.24, 2.45) is 0 Å². The van der Waals surface area contributed by atoms with Crippen molar-refractivity contribution < 1.29 is 4.79 Å². The zero-order chi connectivity index (χ0) is 14.4. The first-order chi connectivity index (χ1) is 9.65. The van der Waals surface area contributed by atoms with Crippen molar-refractivity contribution in [2.75, 3.05) is 18.9 Å². The van der Waals surface area contributed by atoms with Crippen molar-refractivity contribution in [3.05, 3.63) is 65.2 Å². The van der Waals surface area contributed by atoms with Gasteiger partial charge in [-0.15, -0.1) is 0 Å². The molecular formula is C16H17ClN2O. The molecule has 2 aromatic carbocycles. The lowest BCUT2D eigenvalue weighted by Crippen LogP contribution is -2.31. The highest BCUT2D eigenvalue weighted by molar-refractivity contribution is 6.30. The van der Waals surface area contributed by atoms with Crippen LogP contribution in [0.15, 0.2) is 54.6 Å². The Morgan fingerprint density at radius 1 is 1.10 bits per heavy atom. The van der Waals surface area contributed by atoms with Gasteiger partial charge in [0.1, 0.15) is 0 Å². The van der Waals surface area contributed by atoms with E-state index in [9.17, 15) is 4.79 Å². The van der Waals surface area contributed by atoms with Crippen molar-refractivity contribution >= 4 is 23.2 Å². The molecule has 0 atom stereocenters. The number of hydrogen-bond acceptors (Lipinski definition) is 2. The fourth-order valence-electron chi connectivity index (χ4n) is 1.82. The second-order valence-corrected chi connectivity index (χ2v) is 5.03. The van der Waals surface area contributed by atoms with Gasteiger partial charge < -0.3 is 10.2 Å². The van der Waals surface area contributed by atoms with Gasteiger partial charge in [0.15, 0.2) is 0 Å². The van der Waals surface area contributed by atoms with Gasteiger partial charge in [0.25, 0.3) is 0 Å². The van der Waals surface area contributed by atoms with Gasteiger partial charge in [-0.3, -0.25) is 4.79 Å². The van der Waals surface area contributed by atoms with E-state index in [1.807, 2.05) is 54.6 Å². The molecule has 0 spiro atoms. The van der Waals surface area contributed by atoms with Crippen LogP contribution in [0.5, 0.6) is 0 Å². The Morgan fingerprint density at radius 3 is 2.40 bits per heavy atom. The number of para-hydroxylation sites is 1. The summed E-state index contributed by atoms with van der Waals surface area (Å²) in [4.78, 5) is 13.7. The third kappa shape index (κ3) is 4.28. The Bertz CT molecular complexity index is 554. The molecule has 0 bridgehead atoms. The van der Waals surface area contributed by atoms with E-state index < -0.39 is 0 Å². The van der Waals surface area contributed by atoms with Gasteiger partial charge in [-0.2, -0.15) is 0 Å². The van der Waals surface area contributed by atoms with E-state index in [1.54, 1.807) is 11.9 Å². The molecule has 0 unspecified atom stereocenters. The molecule has 0 radical (unpaired) electrons. The summed E-state index contributed by atoms with van der Waals surface area (Å²) in [6, 6.07) is 17.2. The third-order valence-electron chi connectivity index (χ3n) is 2.98. The molecule has 0 heterocycles. The second kappa shape index (κ2) is 6.96. The summed E-state index contributed by atoms with van der Waals surface area (Å²) in [7, 11) is 1.80. The number of benzene rings is 2. The molecule has 1 amide bonds. The monoisotopic (exact) mass is 288 g/mol. The van der Waals surface area contributed by atoms with E-state index in [4.69, 9.17) is 11.6 Å². The average Bonchev–Trinajstić information content (AvgIpc) is 2.48. The molecule has 20 heavy (non-hydrogen) atoms. The van der Waals surface area contributed by atoms with E-state index in [0.717, 1.165) is 11.3 Å². The van der Waals surface area contributed by atoms with Gasteiger partial charge in [0.05, 0.1) is 6.54 Å². The lowest BCUT2D eigenvalue weighted by Gasteiger charge is -2.18. The quantitative estimate of drug-likeness (QED) is 0.914. The van der Waals surface area contributed by atoms with Crippen LogP contribution in [0.1, 0.15) is 5.56 Å². The molecular weight excluding hydrogens is 272 g/mol. The number of likely N-dealkylation sites (N-methyl/N-ethyl adjacent to an activating group) is 1. The molecule has 0 fully saturated rings. The van der Waals surface area contributed by atoms with Crippen LogP contribution in [0.2, 0.25) is 5.02 Å². The van der Waals surface area contributed by atoms with Crippen molar-refractivity contribution in [3.63, 3.8) is 0 Å². The second-order valence-electron chi connectivity index (χ2n) is 4.60. The van der Waals surface area contributed by atoms with Crippen molar-refractivity contribution in [1.82, 2.24) is 4.90 Å². The summed E-state index contributed by atoms with van der Waals surface area (Å²) >= 11 is 5.84. The van der Waals surface area contributed by atoms with Crippen LogP contribution in [-0.4, -0.2) is 24.4 Å². The van der Waals surface area contributed by atoms with Crippen LogP contribution in [0.4, 0.5) is 5.69 Å². The SMILES string of the molecule is CN(Cc1ccc(Cl)cc1)C(=O)CNc1ccccc1. The van der Waals surface area contributed by atoms with E-state index in [0.29, 0.717) is 11.6 Å². The number of rotatable bonds is 5. The van der Waals surface area contributed by atoms with Crippen molar-refractivity contribution in [3.8, 4) is 0 Å². The maximum atomic E-state index is 12.0. The Morgan fingerprint density at radius 2 is 1.75 bits per heavy atom. The molecule has 2 rings (SSSR count). The number of halogens is 1. The topological polar surface area (TPSA) is 32.3 Å². The molecule has 104 valence electrons. The normalized spacial score (nSPS) is 10.1. The summed E-state index contributed by atoms with van der Waals surface area (Å²) in [5.74, 6) is 0.0452. The Labute approximate surface area is 124 Å². The predicted molar refractivity (Wildman–Crippen MR) is 82.9 cm³/mol. The first kappa shape index (κ1) is 14.4. The molecule has 0 aliphatic carbocycles. The van der Waals surface area contributed by atoms with Crippen LogP contribution in [-0.2, 0) is 11.3 Å². The lowest BCUT2D eigenvalue weighted by atomic mass is 10.2. The molecule has 1 N–H and O–H groups in total. The minimum absolute atomic E-state index is 0.0452. The number of amides is 1. The summed E-state index contributed by atoms with van der Waals surface area (Å²) in [6.07, 6.45) is 0.